The smallest absolute Gasteiger partial charge is 0.221 e. The fraction of sp³-hybridized carbons (Fsp3) is 0.294. The SMILES string of the molecule is COc1ncccc1-c1ccccc1OCC1CC(CNCl)=NO1. The number of para-hydroxylation sites is 1. The van der Waals surface area contributed by atoms with Gasteiger partial charge in [-0.25, -0.2) is 9.82 Å². The lowest BCUT2D eigenvalue weighted by Gasteiger charge is -2.15. The van der Waals surface area contributed by atoms with Crippen molar-refractivity contribution in [2.24, 2.45) is 5.16 Å². The number of methoxy groups -OCH3 is 1. The van der Waals surface area contributed by atoms with E-state index in [9.17, 15) is 0 Å². The van der Waals surface area contributed by atoms with Crippen LogP contribution < -0.4 is 14.3 Å². The molecule has 0 spiro atoms. The molecule has 0 saturated heterocycles. The van der Waals surface area contributed by atoms with E-state index in [2.05, 4.69) is 15.0 Å². The molecule has 0 radical (unpaired) electrons. The molecule has 126 valence electrons. The van der Waals surface area contributed by atoms with Crippen molar-refractivity contribution < 1.29 is 14.3 Å². The van der Waals surface area contributed by atoms with Gasteiger partial charge in [-0.1, -0.05) is 23.4 Å². The van der Waals surface area contributed by atoms with Gasteiger partial charge in [-0.3, -0.25) is 0 Å². The zero-order valence-electron chi connectivity index (χ0n) is 13.2. The second-order valence-corrected chi connectivity index (χ2v) is 5.53. The maximum Gasteiger partial charge on any atom is 0.221 e. The van der Waals surface area contributed by atoms with Crippen LogP contribution in [-0.2, 0) is 4.84 Å². The van der Waals surface area contributed by atoms with Crippen LogP contribution in [0, 0.1) is 0 Å². The molecular formula is C17H18ClN3O3. The summed E-state index contributed by atoms with van der Waals surface area (Å²) in [6.07, 6.45) is 2.27. The first-order valence-corrected chi connectivity index (χ1v) is 7.96. The van der Waals surface area contributed by atoms with Crippen molar-refractivity contribution in [3.8, 4) is 22.8 Å². The molecule has 7 heteroatoms. The van der Waals surface area contributed by atoms with Crippen molar-refractivity contribution in [3.63, 3.8) is 0 Å². The van der Waals surface area contributed by atoms with Crippen LogP contribution in [0.15, 0.2) is 47.8 Å². The number of pyridine rings is 1. The summed E-state index contributed by atoms with van der Waals surface area (Å²) in [5.41, 5.74) is 2.68. The van der Waals surface area contributed by atoms with E-state index in [1.165, 1.54) is 0 Å². The highest BCUT2D eigenvalue weighted by molar-refractivity contribution is 6.14. The lowest BCUT2D eigenvalue weighted by atomic mass is 10.1. The molecule has 24 heavy (non-hydrogen) atoms. The third-order valence-corrected chi connectivity index (χ3v) is 3.77. The van der Waals surface area contributed by atoms with Gasteiger partial charge in [0.15, 0.2) is 6.10 Å². The van der Waals surface area contributed by atoms with Gasteiger partial charge in [0.05, 0.1) is 19.4 Å². The summed E-state index contributed by atoms with van der Waals surface area (Å²) < 4.78 is 11.3. The monoisotopic (exact) mass is 347 g/mol. The quantitative estimate of drug-likeness (QED) is 0.780. The van der Waals surface area contributed by atoms with Crippen molar-refractivity contribution in [2.45, 2.75) is 12.5 Å². The zero-order valence-corrected chi connectivity index (χ0v) is 14.0. The highest BCUT2D eigenvalue weighted by atomic mass is 35.5. The molecule has 0 amide bonds. The number of aromatic nitrogens is 1. The average molecular weight is 348 g/mol. The Morgan fingerprint density at radius 2 is 2.08 bits per heavy atom. The Bertz CT molecular complexity index is 724. The molecule has 0 aliphatic carbocycles. The maximum absolute atomic E-state index is 5.97. The lowest BCUT2D eigenvalue weighted by molar-refractivity contribution is 0.0472. The molecule has 3 rings (SSSR count). The molecule has 1 atom stereocenters. The minimum atomic E-state index is -0.117. The van der Waals surface area contributed by atoms with E-state index >= 15 is 0 Å². The van der Waals surface area contributed by atoms with Crippen LogP contribution in [0.4, 0.5) is 0 Å². The van der Waals surface area contributed by atoms with E-state index in [1.54, 1.807) is 13.3 Å². The standard InChI is InChI=1S/C17H18ClN3O3/c1-22-17-15(6-4-8-19-17)14-5-2-3-7-16(14)23-11-13-9-12(10-20-18)21-24-13/h2-8,13,20H,9-11H2,1H3. The van der Waals surface area contributed by atoms with Crippen molar-refractivity contribution in [2.75, 3.05) is 20.3 Å². The molecule has 6 nitrogen and oxygen atoms in total. The van der Waals surface area contributed by atoms with Gasteiger partial charge in [0.1, 0.15) is 12.4 Å². The zero-order chi connectivity index (χ0) is 16.8. The highest BCUT2D eigenvalue weighted by Gasteiger charge is 2.22. The Balaban J connectivity index is 1.72. The lowest BCUT2D eigenvalue weighted by Crippen LogP contribution is -2.21. The summed E-state index contributed by atoms with van der Waals surface area (Å²) in [4.78, 5) is 12.1. The van der Waals surface area contributed by atoms with E-state index in [4.69, 9.17) is 26.1 Å². The van der Waals surface area contributed by atoms with Crippen LogP contribution in [0.3, 0.4) is 0 Å². The van der Waals surface area contributed by atoms with Crippen molar-refractivity contribution in [1.29, 1.82) is 0 Å². The number of rotatable bonds is 7. The van der Waals surface area contributed by atoms with Gasteiger partial charge in [-0.2, -0.15) is 0 Å². The molecule has 1 aliphatic rings. The van der Waals surface area contributed by atoms with E-state index in [0.29, 0.717) is 25.5 Å². The van der Waals surface area contributed by atoms with Crippen LogP contribution in [0.5, 0.6) is 11.6 Å². The largest absolute Gasteiger partial charge is 0.489 e. The van der Waals surface area contributed by atoms with Crippen LogP contribution in [0.2, 0.25) is 0 Å². The second-order valence-electron chi connectivity index (χ2n) is 5.27. The van der Waals surface area contributed by atoms with Crippen molar-refractivity contribution >= 4 is 17.5 Å². The summed E-state index contributed by atoms with van der Waals surface area (Å²) in [6.45, 7) is 0.899. The van der Waals surface area contributed by atoms with Gasteiger partial charge in [0, 0.05) is 23.7 Å². The van der Waals surface area contributed by atoms with Gasteiger partial charge in [0.2, 0.25) is 5.88 Å². The molecule has 0 saturated carbocycles. The summed E-state index contributed by atoms with van der Waals surface area (Å²) in [5.74, 6) is 1.31. The van der Waals surface area contributed by atoms with Crippen LogP contribution in [0.25, 0.3) is 11.1 Å². The van der Waals surface area contributed by atoms with E-state index in [1.807, 2.05) is 36.4 Å². The molecular weight excluding hydrogens is 330 g/mol. The van der Waals surface area contributed by atoms with Gasteiger partial charge >= 0.3 is 0 Å². The first-order valence-electron chi connectivity index (χ1n) is 7.58. The number of halogens is 1. The molecule has 2 aromatic rings. The number of ether oxygens (including phenoxy) is 2. The molecule has 0 bridgehead atoms. The second kappa shape index (κ2) is 7.99. The van der Waals surface area contributed by atoms with E-state index in [-0.39, 0.29) is 6.10 Å². The number of oxime groups is 1. The van der Waals surface area contributed by atoms with Crippen LogP contribution >= 0.6 is 11.8 Å². The number of hydrogen-bond acceptors (Lipinski definition) is 6. The predicted molar refractivity (Wildman–Crippen MR) is 92.5 cm³/mol. The topological polar surface area (TPSA) is 65.0 Å². The molecule has 2 heterocycles. The van der Waals surface area contributed by atoms with Crippen molar-refractivity contribution in [3.05, 3.63) is 42.6 Å². The van der Waals surface area contributed by atoms with E-state index < -0.39 is 0 Å². The third-order valence-electron chi connectivity index (χ3n) is 3.63. The highest BCUT2D eigenvalue weighted by Crippen LogP contribution is 2.35. The Morgan fingerprint density at radius 3 is 2.92 bits per heavy atom. The number of nitrogens with one attached hydrogen (secondary N) is 1. The maximum atomic E-state index is 5.97. The minimum absolute atomic E-state index is 0.117. The Labute approximate surface area is 145 Å². The first-order chi connectivity index (χ1) is 11.8. The summed E-state index contributed by atoms with van der Waals surface area (Å²) in [7, 11) is 1.60. The summed E-state index contributed by atoms with van der Waals surface area (Å²) in [6, 6.07) is 11.6. The van der Waals surface area contributed by atoms with Crippen LogP contribution in [-0.4, -0.2) is 37.1 Å². The normalized spacial score (nSPS) is 16.4. The molecule has 1 unspecified atom stereocenters. The third kappa shape index (κ3) is 3.77. The summed E-state index contributed by atoms with van der Waals surface area (Å²) in [5, 5.41) is 3.99. The van der Waals surface area contributed by atoms with Gasteiger partial charge in [-0.05, 0) is 30.0 Å². The van der Waals surface area contributed by atoms with Crippen molar-refractivity contribution in [1.82, 2.24) is 9.82 Å². The van der Waals surface area contributed by atoms with Gasteiger partial charge in [0.25, 0.3) is 0 Å². The number of nitrogens with zero attached hydrogens (tertiary/aromatic N) is 2. The van der Waals surface area contributed by atoms with Gasteiger partial charge < -0.3 is 14.3 Å². The molecule has 1 aromatic carbocycles. The molecule has 0 fully saturated rings. The summed E-state index contributed by atoms with van der Waals surface area (Å²) >= 11 is 5.48. The molecule has 1 aromatic heterocycles. The number of benzene rings is 1. The number of hydrogen-bond donors (Lipinski definition) is 1. The fourth-order valence-corrected chi connectivity index (χ4v) is 2.67. The minimum Gasteiger partial charge on any atom is -0.489 e. The van der Waals surface area contributed by atoms with E-state index in [0.717, 1.165) is 22.6 Å². The average Bonchev–Trinajstić information content (AvgIpc) is 3.08. The Morgan fingerprint density at radius 1 is 1.25 bits per heavy atom. The first kappa shape index (κ1) is 16.5. The van der Waals surface area contributed by atoms with Gasteiger partial charge in [-0.15, -0.1) is 0 Å². The molecule has 1 aliphatic heterocycles. The Kier molecular flexibility index (Phi) is 5.51. The predicted octanol–water partition coefficient (Wildman–Crippen LogP) is 3.02. The Hall–Kier alpha value is -2.31. The fourth-order valence-electron chi connectivity index (χ4n) is 2.51. The molecule has 1 N–H and O–H groups in total. The van der Waals surface area contributed by atoms with Crippen LogP contribution in [0.1, 0.15) is 6.42 Å².